The summed E-state index contributed by atoms with van der Waals surface area (Å²) in [5, 5.41) is 0. The zero-order chi connectivity index (χ0) is 13.5. The molecule has 0 radical (unpaired) electrons. The molecule has 3 nitrogen and oxygen atoms in total. The largest absolute Gasteiger partial charge is 0.487 e. The molecule has 0 bridgehead atoms. The lowest BCUT2D eigenvalue weighted by molar-refractivity contribution is -0.129. The first-order chi connectivity index (χ1) is 8.58. The van der Waals surface area contributed by atoms with Gasteiger partial charge in [-0.25, -0.2) is 4.79 Å². The van der Waals surface area contributed by atoms with Crippen LogP contribution in [0.1, 0.15) is 32.8 Å². The number of hydrogen-bond acceptors (Lipinski definition) is 3. The zero-order valence-corrected chi connectivity index (χ0v) is 11.2. The Kier molecular flexibility index (Phi) is 5.43. The Morgan fingerprint density at radius 2 is 2.17 bits per heavy atom. The van der Waals surface area contributed by atoms with E-state index in [1.54, 1.807) is 6.07 Å². The predicted octanol–water partition coefficient (Wildman–Crippen LogP) is 3.52. The smallest absolute Gasteiger partial charge is 0.335 e. The molecule has 0 aliphatic carbocycles. The van der Waals surface area contributed by atoms with E-state index in [0.29, 0.717) is 11.5 Å². The second-order valence-electron chi connectivity index (χ2n) is 4.29. The minimum atomic E-state index is -0.475. The second kappa shape index (κ2) is 6.84. The molecule has 0 saturated heterocycles. The molecule has 0 amide bonds. The van der Waals surface area contributed by atoms with Gasteiger partial charge in [-0.1, -0.05) is 32.1 Å². The van der Waals surface area contributed by atoms with Crippen molar-refractivity contribution in [3.63, 3.8) is 0 Å². The molecule has 0 aliphatic rings. The second-order valence-corrected chi connectivity index (χ2v) is 4.29. The third-order valence-corrected chi connectivity index (χ3v) is 2.31. The summed E-state index contributed by atoms with van der Waals surface area (Å²) in [5.41, 5.74) is 1.06. The van der Waals surface area contributed by atoms with Gasteiger partial charge in [0.1, 0.15) is 0 Å². The zero-order valence-electron chi connectivity index (χ0n) is 11.2. The maximum atomic E-state index is 11.3. The van der Waals surface area contributed by atoms with E-state index in [1.807, 2.05) is 26.0 Å². The quantitative estimate of drug-likeness (QED) is 0.439. The molecule has 1 aromatic carbocycles. The van der Waals surface area contributed by atoms with Gasteiger partial charge in [0, 0.05) is 6.08 Å². The molecule has 1 rings (SSSR count). The normalized spacial score (nSPS) is 10.2. The van der Waals surface area contributed by atoms with E-state index in [1.165, 1.54) is 0 Å². The first-order valence-electron chi connectivity index (χ1n) is 6.21. The Hall–Kier alpha value is -1.77. The molecule has 0 spiro atoms. The lowest BCUT2D eigenvalue weighted by Gasteiger charge is -2.17. The third kappa shape index (κ3) is 3.91. The van der Waals surface area contributed by atoms with Crippen LogP contribution in [0.5, 0.6) is 11.5 Å². The Balaban J connectivity index is 3.09. The molecule has 18 heavy (non-hydrogen) atoms. The predicted molar refractivity (Wildman–Crippen MR) is 72.0 cm³/mol. The van der Waals surface area contributed by atoms with E-state index in [2.05, 4.69) is 13.5 Å². The van der Waals surface area contributed by atoms with Crippen LogP contribution in [0, 0.1) is 0 Å². The summed E-state index contributed by atoms with van der Waals surface area (Å²) in [6.07, 6.45) is 3.07. The summed E-state index contributed by atoms with van der Waals surface area (Å²) in [7, 11) is 0. The Labute approximate surface area is 108 Å². The third-order valence-electron chi connectivity index (χ3n) is 2.31. The van der Waals surface area contributed by atoms with E-state index in [9.17, 15) is 4.79 Å². The fraction of sp³-hybridized carbons (Fsp3) is 0.400. The van der Waals surface area contributed by atoms with Gasteiger partial charge in [-0.15, -0.1) is 0 Å². The van der Waals surface area contributed by atoms with Crippen LogP contribution in [-0.2, 0) is 11.2 Å². The summed E-state index contributed by atoms with van der Waals surface area (Å²) in [6.45, 7) is 9.38. The Morgan fingerprint density at radius 3 is 2.72 bits per heavy atom. The number of aryl methyl sites for hydroxylation is 1. The van der Waals surface area contributed by atoms with Gasteiger partial charge in [0.05, 0.1) is 6.10 Å². The standard InChI is InChI=1S/C15H20O3/c1-5-8-12-9-7-10-13(18-14(16)6-2)15(12)17-11(3)4/h6-7,9-11H,2,5,8H2,1,3-4H3. The van der Waals surface area contributed by atoms with Crippen molar-refractivity contribution in [2.75, 3.05) is 0 Å². The fourth-order valence-electron chi connectivity index (χ4n) is 1.63. The molecule has 0 fully saturated rings. The fourth-order valence-corrected chi connectivity index (χ4v) is 1.63. The number of rotatable bonds is 6. The molecular weight excluding hydrogens is 228 g/mol. The van der Waals surface area contributed by atoms with Gasteiger partial charge in [0.15, 0.2) is 11.5 Å². The number of ether oxygens (including phenoxy) is 2. The average Bonchev–Trinajstić information content (AvgIpc) is 2.32. The number of benzene rings is 1. The summed E-state index contributed by atoms with van der Waals surface area (Å²) >= 11 is 0. The maximum absolute atomic E-state index is 11.3. The number of carbonyl (C=O) groups excluding carboxylic acids is 1. The average molecular weight is 248 g/mol. The Morgan fingerprint density at radius 1 is 1.44 bits per heavy atom. The van der Waals surface area contributed by atoms with Crippen molar-refractivity contribution in [3.05, 3.63) is 36.4 Å². The monoisotopic (exact) mass is 248 g/mol. The number of hydrogen-bond donors (Lipinski definition) is 0. The molecule has 1 aromatic rings. The van der Waals surface area contributed by atoms with Crippen molar-refractivity contribution in [1.82, 2.24) is 0 Å². The lowest BCUT2D eigenvalue weighted by Crippen LogP contribution is -2.11. The van der Waals surface area contributed by atoms with Crippen molar-refractivity contribution in [3.8, 4) is 11.5 Å². The summed E-state index contributed by atoms with van der Waals surface area (Å²) < 4.78 is 11.0. The minimum absolute atomic E-state index is 0.0317. The molecule has 0 unspecified atom stereocenters. The first kappa shape index (κ1) is 14.3. The molecule has 0 saturated carbocycles. The van der Waals surface area contributed by atoms with Crippen molar-refractivity contribution in [2.45, 2.75) is 39.7 Å². The molecule has 0 N–H and O–H groups in total. The highest BCUT2D eigenvalue weighted by atomic mass is 16.6. The van der Waals surface area contributed by atoms with Crippen LogP contribution < -0.4 is 9.47 Å². The molecule has 0 atom stereocenters. The van der Waals surface area contributed by atoms with Crippen LogP contribution in [0.3, 0.4) is 0 Å². The Bertz CT molecular complexity index is 422. The molecule has 3 heteroatoms. The van der Waals surface area contributed by atoms with E-state index >= 15 is 0 Å². The van der Waals surface area contributed by atoms with Gasteiger partial charge in [-0.2, -0.15) is 0 Å². The minimum Gasteiger partial charge on any atom is -0.487 e. The van der Waals surface area contributed by atoms with E-state index < -0.39 is 5.97 Å². The SMILES string of the molecule is C=CC(=O)Oc1cccc(CCC)c1OC(C)C. The summed E-state index contributed by atoms with van der Waals surface area (Å²) in [5.74, 6) is 0.640. The summed E-state index contributed by atoms with van der Waals surface area (Å²) in [6, 6.07) is 5.59. The van der Waals surface area contributed by atoms with Gasteiger partial charge in [0.2, 0.25) is 0 Å². The van der Waals surface area contributed by atoms with Gasteiger partial charge >= 0.3 is 5.97 Å². The lowest BCUT2D eigenvalue weighted by atomic mass is 10.1. The van der Waals surface area contributed by atoms with Crippen molar-refractivity contribution in [2.24, 2.45) is 0 Å². The van der Waals surface area contributed by atoms with E-state index in [4.69, 9.17) is 9.47 Å². The van der Waals surface area contributed by atoms with Crippen LogP contribution in [0.2, 0.25) is 0 Å². The number of carbonyl (C=O) groups is 1. The highest BCUT2D eigenvalue weighted by Gasteiger charge is 2.14. The van der Waals surface area contributed by atoms with Gasteiger partial charge < -0.3 is 9.47 Å². The van der Waals surface area contributed by atoms with E-state index in [0.717, 1.165) is 24.5 Å². The first-order valence-corrected chi connectivity index (χ1v) is 6.21. The van der Waals surface area contributed by atoms with Crippen LogP contribution in [0.25, 0.3) is 0 Å². The molecule has 0 aliphatic heterocycles. The van der Waals surface area contributed by atoms with Crippen LogP contribution in [-0.4, -0.2) is 12.1 Å². The van der Waals surface area contributed by atoms with E-state index in [-0.39, 0.29) is 6.10 Å². The van der Waals surface area contributed by atoms with Crippen molar-refractivity contribution >= 4 is 5.97 Å². The van der Waals surface area contributed by atoms with Gasteiger partial charge in [-0.3, -0.25) is 0 Å². The van der Waals surface area contributed by atoms with Crippen molar-refractivity contribution in [1.29, 1.82) is 0 Å². The topological polar surface area (TPSA) is 35.5 Å². The molecular formula is C15H20O3. The maximum Gasteiger partial charge on any atom is 0.335 e. The van der Waals surface area contributed by atoms with Crippen LogP contribution in [0.15, 0.2) is 30.9 Å². The molecule has 98 valence electrons. The molecule has 0 heterocycles. The number of esters is 1. The highest BCUT2D eigenvalue weighted by Crippen LogP contribution is 2.33. The summed E-state index contributed by atoms with van der Waals surface area (Å²) in [4.78, 5) is 11.3. The number of para-hydroxylation sites is 1. The van der Waals surface area contributed by atoms with Crippen molar-refractivity contribution < 1.29 is 14.3 Å². The highest BCUT2D eigenvalue weighted by molar-refractivity contribution is 5.83. The molecule has 0 aromatic heterocycles. The van der Waals surface area contributed by atoms with Crippen LogP contribution in [0.4, 0.5) is 0 Å². The van der Waals surface area contributed by atoms with Crippen LogP contribution >= 0.6 is 0 Å². The van der Waals surface area contributed by atoms with Gasteiger partial charge in [0.25, 0.3) is 0 Å². The van der Waals surface area contributed by atoms with Gasteiger partial charge in [-0.05, 0) is 31.9 Å².